The Morgan fingerprint density at radius 2 is 1.70 bits per heavy atom. The second-order valence-corrected chi connectivity index (χ2v) is 4.68. The molecular weight excluding hydrogens is 308 g/mol. The fraction of sp³-hybridized carbons (Fsp3) is 0.308. The van der Waals surface area contributed by atoms with Gasteiger partial charge in [-0.3, -0.25) is 14.5 Å². The molecule has 0 saturated heterocycles. The van der Waals surface area contributed by atoms with Crippen LogP contribution in [-0.2, 0) is 0 Å². The van der Waals surface area contributed by atoms with E-state index in [0.717, 1.165) is 12.8 Å². The first-order valence-corrected chi connectivity index (χ1v) is 6.45. The quantitative estimate of drug-likeness (QED) is 0.575. The number of aryl methyl sites for hydroxylation is 2. The molecule has 1 atom stereocenters. The molecule has 1 unspecified atom stereocenters. The molecule has 0 aliphatic carbocycles. The number of oxazole rings is 2. The number of hydrogen-bond acceptors (Lipinski definition) is 8. The van der Waals surface area contributed by atoms with Crippen molar-refractivity contribution >= 4 is 17.7 Å². The van der Waals surface area contributed by atoms with Gasteiger partial charge in [0.25, 0.3) is 0 Å². The summed E-state index contributed by atoms with van der Waals surface area (Å²) in [7, 11) is 0. The Kier molecular flexibility index (Phi) is 4.55. The first-order chi connectivity index (χ1) is 10.8. The van der Waals surface area contributed by atoms with Gasteiger partial charge in [0.2, 0.25) is 11.6 Å². The number of nitrogens with two attached hydrogens (primary N) is 1. The van der Waals surface area contributed by atoms with Crippen LogP contribution in [0.3, 0.4) is 0 Å². The lowest BCUT2D eigenvalue weighted by atomic mass is 10.2. The molecule has 0 radical (unpaired) electrons. The van der Waals surface area contributed by atoms with Gasteiger partial charge in [-0.15, -0.1) is 0 Å². The van der Waals surface area contributed by atoms with Gasteiger partial charge in [0, 0.05) is 0 Å². The van der Waals surface area contributed by atoms with Gasteiger partial charge in [-0.2, -0.15) is 0 Å². The monoisotopic (exact) mass is 322 g/mol. The van der Waals surface area contributed by atoms with Crippen molar-refractivity contribution in [3.63, 3.8) is 0 Å². The number of rotatable bonds is 6. The molecule has 2 aromatic rings. The minimum absolute atomic E-state index is 0.0910. The lowest BCUT2D eigenvalue weighted by molar-refractivity contribution is 0.0714. The lowest BCUT2D eigenvalue weighted by Gasteiger charge is -2.23. The molecule has 0 aliphatic rings. The van der Waals surface area contributed by atoms with E-state index >= 15 is 0 Å². The van der Waals surface area contributed by atoms with Crippen LogP contribution in [0.1, 0.15) is 32.5 Å². The van der Waals surface area contributed by atoms with Crippen LogP contribution < -0.4 is 5.73 Å². The highest BCUT2D eigenvalue weighted by Crippen LogP contribution is 2.12. The maximum atomic E-state index is 12.2. The Morgan fingerprint density at radius 1 is 1.17 bits per heavy atom. The van der Waals surface area contributed by atoms with Gasteiger partial charge in [-0.1, -0.05) is 0 Å². The molecule has 0 bridgehead atoms. The molecule has 0 aliphatic heterocycles. The standard InChI is InChI=1S/C13H14N4O6/c1-6-10(22-4-15-6)8(18)3-17(13(20)21)12(14)9(19)11-7(2)16-5-23-11/h4-5,12H,3,14H2,1-2H3,(H,20,21). The van der Waals surface area contributed by atoms with Gasteiger partial charge >= 0.3 is 6.09 Å². The molecule has 3 N–H and O–H groups in total. The predicted octanol–water partition coefficient (Wildman–Crippen LogP) is 0.610. The van der Waals surface area contributed by atoms with Gasteiger partial charge in [-0.25, -0.2) is 14.8 Å². The van der Waals surface area contributed by atoms with Crippen molar-refractivity contribution in [3.8, 4) is 0 Å². The van der Waals surface area contributed by atoms with E-state index < -0.39 is 30.4 Å². The number of carbonyl (C=O) groups excluding carboxylic acids is 2. The van der Waals surface area contributed by atoms with E-state index in [1.165, 1.54) is 13.8 Å². The van der Waals surface area contributed by atoms with Crippen molar-refractivity contribution in [2.45, 2.75) is 20.0 Å². The number of aromatic nitrogens is 2. The summed E-state index contributed by atoms with van der Waals surface area (Å²) in [6.45, 7) is 2.38. The molecule has 2 rings (SSSR count). The summed E-state index contributed by atoms with van der Waals surface area (Å²) in [4.78, 5) is 43.6. The van der Waals surface area contributed by atoms with E-state index in [0.29, 0.717) is 10.6 Å². The third-order valence-corrected chi connectivity index (χ3v) is 3.13. The highest BCUT2D eigenvalue weighted by molar-refractivity contribution is 6.02. The number of hydrogen-bond donors (Lipinski definition) is 2. The Morgan fingerprint density at radius 3 is 2.13 bits per heavy atom. The molecule has 0 fully saturated rings. The fourth-order valence-corrected chi connectivity index (χ4v) is 1.90. The molecule has 10 nitrogen and oxygen atoms in total. The van der Waals surface area contributed by atoms with E-state index in [4.69, 9.17) is 14.6 Å². The number of carbonyl (C=O) groups is 3. The first-order valence-electron chi connectivity index (χ1n) is 6.45. The molecule has 2 aromatic heterocycles. The third kappa shape index (κ3) is 3.26. The van der Waals surface area contributed by atoms with Crippen LogP contribution >= 0.6 is 0 Å². The summed E-state index contributed by atoms with van der Waals surface area (Å²) in [5.41, 5.74) is 6.25. The maximum absolute atomic E-state index is 12.2. The maximum Gasteiger partial charge on any atom is 0.409 e. The zero-order chi connectivity index (χ0) is 17.1. The Bertz CT molecular complexity index is 749. The second-order valence-electron chi connectivity index (χ2n) is 4.68. The summed E-state index contributed by atoms with van der Waals surface area (Å²) in [6.07, 6.45) is -1.04. The second kappa shape index (κ2) is 6.40. The van der Waals surface area contributed by atoms with Crippen molar-refractivity contribution < 1.29 is 28.3 Å². The number of ketones is 2. The smallest absolute Gasteiger partial charge is 0.409 e. The molecule has 23 heavy (non-hydrogen) atoms. The molecule has 0 spiro atoms. The van der Waals surface area contributed by atoms with Crippen LogP contribution in [0.5, 0.6) is 0 Å². The highest BCUT2D eigenvalue weighted by atomic mass is 16.4. The van der Waals surface area contributed by atoms with Gasteiger partial charge in [0.05, 0.1) is 17.9 Å². The molecule has 2 heterocycles. The zero-order valence-electron chi connectivity index (χ0n) is 12.3. The molecule has 0 saturated carbocycles. The number of Topliss-reactive ketones (excluding diaryl/α,β-unsaturated/α-hetero) is 2. The largest absolute Gasteiger partial charge is 0.465 e. The Labute approximate surface area is 129 Å². The third-order valence-electron chi connectivity index (χ3n) is 3.13. The SMILES string of the molecule is Cc1ncoc1C(=O)CN(C(=O)O)C(N)C(=O)c1ocnc1C. The van der Waals surface area contributed by atoms with E-state index in [9.17, 15) is 19.5 Å². The molecule has 122 valence electrons. The van der Waals surface area contributed by atoms with Crippen molar-refractivity contribution in [3.05, 3.63) is 35.7 Å². The number of nitrogens with zero attached hydrogens (tertiary/aromatic N) is 3. The zero-order valence-corrected chi connectivity index (χ0v) is 12.3. The summed E-state index contributed by atoms with van der Waals surface area (Å²) >= 11 is 0. The van der Waals surface area contributed by atoms with Crippen LogP contribution in [0.15, 0.2) is 21.6 Å². The predicted molar refractivity (Wildman–Crippen MR) is 73.8 cm³/mol. The van der Waals surface area contributed by atoms with Crippen LogP contribution in [0.4, 0.5) is 4.79 Å². The molecule has 0 aromatic carbocycles. The van der Waals surface area contributed by atoms with E-state index in [2.05, 4.69) is 9.97 Å². The molecule has 1 amide bonds. The molecule has 10 heteroatoms. The van der Waals surface area contributed by atoms with Gasteiger partial charge in [0.15, 0.2) is 30.5 Å². The van der Waals surface area contributed by atoms with Crippen molar-refractivity contribution in [1.29, 1.82) is 0 Å². The van der Waals surface area contributed by atoms with Gasteiger partial charge < -0.3 is 19.7 Å². The van der Waals surface area contributed by atoms with Crippen molar-refractivity contribution in [2.75, 3.05) is 6.54 Å². The molecular formula is C13H14N4O6. The summed E-state index contributed by atoms with van der Waals surface area (Å²) < 4.78 is 9.80. The first kappa shape index (κ1) is 16.4. The summed E-state index contributed by atoms with van der Waals surface area (Å²) in [5, 5.41) is 9.22. The highest BCUT2D eigenvalue weighted by Gasteiger charge is 2.32. The summed E-state index contributed by atoms with van der Waals surface area (Å²) in [6, 6.07) is 0. The van der Waals surface area contributed by atoms with Gasteiger partial charge in [0.1, 0.15) is 0 Å². The van der Waals surface area contributed by atoms with Crippen LogP contribution in [0.25, 0.3) is 0 Å². The minimum Gasteiger partial charge on any atom is -0.465 e. The lowest BCUT2D eigenvalue weighted by Crippen LogP contribution is -2.52. The van der Waals surface area contributed by atoms with E-state index in [1.54, 1.807) is 0 Å². The fourth-order valence-electron chi connectivity index (χ4n) is 1.90. The van der Waals surface area contributed by atoms with E-state index in [1.807, 2.05) is 0 Å². The van der Waals surface area contributed by atoms with Crippen LogP contribution in [0.2, 0.25) is 0 Å². The summed E-state index contributed by atoms with van der Waals surface area (Å²) in [5.74, 6) is -1.72. The average Bonchev–Trinajstić information content (AvgIpc) is 3.11. The van der Waals surface area contributed by atoms with Crippen LogP contribution in [-0.4, -0.2) is 50.3 Å². The minimum atomic E-state index is -1.62. The normalized spacial score (nSPS) is 12.0. The van der Waals surface area contributed by atoms with Crippen LogP contribution in [0, 0.1) is 13.8 Å². The number of carboxylic acid groups (broad SMARTS) is 1. The Hall–Kier alpha value is -3.01. The van der Waals surface area contributed by atoms with Crippen molar-refractivity contribution in [1.82, 2.24) is 14.9 Å². The van der Waals surface area contributed by atoms with Crippen molar-refractivity contribution in [2.24, 2.45) is 5.73 Å². The van der Waals surface area contributed by atoms with Gasteiger partial charge in [-0.05, 0) is 13.8 Å². The average molecular weight is 322 g/mol. The van der Waals surface area contributed by atoms with E-state index in [-0.39, 0.29) is 17.2 Å². The topological polar surface area (TPSA) is 153 Å². The number of amides is 1. The Balaban J connectivity index is 2.20.